The van der Waals surface area contributed by atoms with E-state index < -0.39 is 5.97 Å². The van der Waals surface area contributed by atoms with Crippen molar-refractivity contribution in [1.82, 2.24) is 0 Å². The van der Waals surface area contributed by atoms with Crippen LogP contribution in [0.4, 0.5) is 0 Å². The number of ether oxygens (including phenoxy) is 3. The van der Waals surface area contributed by atoms with Crippen molar-refractivity contribution < 1.29 is 28.9 Å². The van der Waals surface area contributed by atoms with Crippen molar-refractivity contribution >= 4 is 11.9 Å². The van der Waals surface area contributed by atoms with Crippen LogP contribution in [0.2, 0.25) is 0 Å². The highest BCUT2D eigenvalue weighted by molar-refractivity contribution is 5.87. The number of aliphatic hydroxyl groups excluding tert-OH is 1. The normalized spacial score (nSPS) is 8.84. The summed E-state index contributed by atoms with van der Waals surface area (Å²) in [6.07, 6.45) is 0. The molecule has 0 spiro atoms. The van der Waals surface area contributed by atoms with E-state index in [-0.39, 0.29) is 19.2 Å². The molecule has 0 aliphatic carbocycles. The van der Waals surface area contributed by atoms with Crippen molar-refractivity contribution in [3.63, 3.8) is 0 Å². The van der Waals surface area contributed by atoms with E-state index in [9.17, 15) is 9.59 Å². The number of aliphatic hydroxyl groups is 1. The molecule has 1 N–H and O–H groups in total. The summed E-state index contributed by atoms with van der Waals surface area (Å²) in [4.78, 5) is 21.1. The van der Waals surface area contributed by atoms with Gasteiger partial charge in [-0.05, 0) is 13.8 Å². The Morgan fingerprint density at radius 1 is 0.947 bits per heavy atom. The van der Waals surface area contributed by atoms with Crippen molar-refractivity contribution in [1.29, 1.82) is 0 Å². The Kier molecular flexibility index (Phi) is 13.2. The molecule has 0 radical (unpaired) electrons. The summed E-state index contributed by atoms with van der Waals surface area (Å²) in [6.45, 7) is 10.6. The third-order valence-electron chi connectivity index (χ3n) is 1.54. The highest BCUT2D eigenvalue weighted by atomic mass is 16.6. The van der Waals surface area contributed by atoms with Crippen molar-refractivity contribution in [3.05, 3.63) is 24.3 Å². The van der Waals surface area contributed by atoms with E-state index in [0.717, 1.165) is 0 Å². The second-order valence-corrected chi connectivity index (χ2v) is 3.55. The lowest BCUT2D eigenvalue weighted by molar-refractivity contribution is -0.140. The molecule has 0 aromatic rings. The summed E-state index contributed by atoms with van der Waals surface area (Å²) in [6, 6.07) is 0. The van der Waals surface area contributed by atoms with Gasteiger partial charge in [0.1, 0.15) is 13.2 Å². The summed E-state index contributed by atoms with van der Waals surface area (Å²) in [5.74, 6) is -0.818. The molecular weight excluding hydrogens is 252 g/mol. The quantitative estimate of drug-likeness (QED) is 0.421. The fourth-order valence-corrected chi connectivity index (χ4v) is 0.602. The highest BCUT2D eigenvalue weighted by Gasteiger charge is 2.00. The number of hydrogen-bond acceptors (Lipinski definition) is 6. The van der Waals surface area contributed by atoms with Crippen LogP contribution in [0.5, 0.6) is 0 Å². The van der Waals surface area contributed by atoms with Crippen LogP contribution in [-0.4, -0.2) is 50.6 Å². The van der Waals surface area contributed by atoms with Gasteiger partial charge in [-0.2, -0.15) is 0 Å². The minimum atomic E-state index is -0.455. The van der Waals surface area contributed by atoms with Gasteiger partial charge >= 0.3 is 11.9 Å². The maximum atomic E-state index is 10.6. The molecule has 0 unspecified atom stereocenters. The van der Waals surface area contributed by atoms with Crippen molar-refractivity contribution in [2.45, 2.75) is 13.8 Å². The van der Waals surface area contributed by atoms with Gasteiger partial charge in [0, 0.05) is 18.3 Å². The Morgan fingerprint density at radius 2 is 1.37 bits per heavy atom. The minimum absolute atomic E-state index is 0.0473. The highest BCUT2D eigenvalue weighted by Crippen LogP contribution is 1.91. The molecule has 0 aliphatic rings. The first kappa shape index (κ1) is 19.7. The van der Waals surface area contributed by atoms with Crippen LogP contribution in [0.25, 0.3) is 0 Å². The third kappa shape index (κ3) is 14.3. The van der Waals surface area contributed by atoms with E-state index >= 15 is 0 Å². The standard InChI is InChI=1S/C7H12O3.C6H10O3/c1-6(2)7(8)10-5-4-9-3;1-5(2)6(8)9-4-3-7/h1,4-5H2,2-3H3;7H,1,3-4H2,2H3. The van der Waals surface area contributed by atoms with E-state index in [2.05, 4.69) is 27.4 Å². The first-order chi connectivity index (χ1) is 8.86. The van der Waals surface area contributed by atoms with Gasteiger partial charge in [0.15, 0.2) is 0 Å². The molecule has 0 aromatic heterocycles. The lowest BCUT2D eigenvalue weighted by atomic mass is 10.4. The van der Waals surface area contributed by atoms with Crippen molar-refractivity contribution in [2.24, 2.45) is 0 Å². The summed E-state index contributed by atoms with van der Waals surface area (Å²) >= 11 is 0. The molecular formula is C13H22O6. The lowest BCUT2D eigenvalue weighted by Gasteiger charge is -2.01. The van der Waals surface area contributed by atoms with Crippen LogP contribution in [-0.2, 0) is 23.8 Å². The fourth-order valence-electron chi connectivity index (χ4n) is 0.602. The molecule has 0 bridgehead atoms. The summed E-state index contributed by atoms with van der Waals surface area (Å²) in [5.41, 5.74) is 0.763. The van der Waals surface area contributed by atoms with Gasteiger partial charge in [0.05, 0.1) is 13.2 Å². The molecule has 6 nitrogen and oxygen atoms in total. The summed E-state index contributed by atoms with van der Waals surface area (Å²) < 4.78 is 13.8. The number of esters is 2. The molecule has 6 heteroatoms. The average molecular weight is 274 g/mol. The molecule has 19 heavy (non-hydrogen) atoms. The van der Waals surface area contributed by atoms with Crippen molar-refractivity contribution in [2.75, 3.05) is 33.5 Å². The molecule has 0 rings (SSSR count). The molecule has 0 atom stereocenters. The molecule has 0 saturated heterocycles. The van der Waals surface area contributed by atoms with Gasteiger partial charge in [-0.25, -0.2) is 9.59 Å². The Morgan fingerprint density at radius 3 is 1.68 bits per heavy atom. The van der Waals surface area contributed by atoms with Crippen LogP contribution < -0.4 is 0 Å². The van der Waals surface area contributed by atoms with E-state index in [4.69, 9.17) is 5.11 Å². The maximum Gasteiger partial charge on any atom is 0.333 e. The second-order valence-electron chi connectivity index (χ2n) is 3.55. The van der Waals surface area contributed by atoms with Gasteiger partial charge in [-0.3, -0.25) is 0 Å². The van der Waals surface area contributed by atoms with Crippen LogP contribution >= 0.6 is 0 Å². The Balaban J connectivity index is 0. The molecule has 0 heterocycles. The monoisotopic (exact) mass is 274 g/mol. The third-order valence-corrected chi connectivity index (χ3v) is 1.54. The zero-order valence-electron chi connectivity index (χ0n) is 11.7. The maximum absolute atomic E-state index is 10.6. The zero-order valence-corrected chi connectivity index (χ0v) is 11.7. The molecule has 0 saturated carbocycles. The molecule has 0 amide bonds. The first-order valence-electron chi connectivity index (χ1n) is 5.61. The second kappa shape index (κ2) is 12.8. The number of methoxy groups -OCH3 is 1. The van der Waals surface area contributed by atoms with Gasteiger partial charge < -0.3 is 19.3 Å². The fraction of sp³-hybridized carbons (Fsp3) is 0.538. The Bertz CT molecular complexity index is 308. The largest absolute Gasteiger partial charge is 0.460 e. The summed E-state index contributed by atoms with van der Waals surface area (Å²) in [7, 11) is 1.55. The number of carbonyl (C=O) groups excluding carboxylic acids is 2. The van der Waals surface area contributed by atoms with Gasteiger partial charge in [-0.1, -0.05) is 13.2 Å². The topological polar surface area (TPSA) is 82.1 Å². The Labute approximate surface area is 113 Å². The smallest absolute Gasteiger partial charge is 0.333 e. The molecule has 0 aliphatic heterocycles. The SMILES string of the molecule is C=C(C)C(=O)OCCO.C=C(C)C(=O)OCCOC. The van der Waals surface area contributed by atoms with Crippen LogP contribution in [0.3, 0.4) is 0 Å². The average Bonchev–Trinajstić information content (AvgIpc) is 2.36. The van der Waals surface area contributed by atoms with E-state index in [1.54, 1.807) is 21.0 Å². The van der Waals surface area contributed by atoms with E-state index in [0.29, 0.717) is 24.4 Å². The first-order valence-corrected chi connectivity index (χ1v) is 5.61. The number of hydrogen-bond donors (Lipinski definition) is 1. The molecule has 0 fully saturated rings. The van der Waals surface area contributed by atoms with E-state index in [1.165, 1.54) is 0 Å². The summed E-state index contributed by atoms with van der Waals surface area (Å²) in [5, 5.41) is 8.19. The van der Waals surface area contributed by atoms with Crippen LogP contribution in [0.15, 0.2) is 24.3 Å². The van der Waals surface area contributed by atoms with Gasteiger partial charge in [0.25, 0.3) is 0 Å². The van der Waals surface area contributed by atoms with Crippen LogP contribution in [0.1, 0.15) is 13.8 Å². The van der Waals surface area contributed by atoms with Gasteiger partial charge in [0.2, 0.25) is 0 Å². The predicted molar refractivity (Wildman–Crippen MR) is 70.5 cm³/mol. The predicted octanol–water partition coefficient (Wildman–Crippen LogP) is 0.850. The van der Waals surface area contributed by atoms with Crippen molar-refractivity contribution in [3.8, 4) is 0 Å². The zero-order chi connectivity index (χ0) is 15.3. The molecule has 0 aromatic carbocycles. The Hall–Kier alpha value is -1.66. The van der Waals surface area contributed by atoms with Crippen LogP contribution in [0, 0.1) is 0 Å². The number of rotatable bonds is 7. The minimum Gasteiger partial charge on any atom is -0.460 e. The van der Waals surface area contributed by atoms with E-state index in [1.807, 2.05) is 0 Å². The number of carbonyl (C=O) groups is 2. The molecule has 110 valence electrons. The lowest BCUT2D eigenvalue weighted by Crippen LogP contribution is -2.09. The van der Waals surface area contributed by atoms with Gasteiger partial charge in [-0.15, -0.1) is 0 Å².